The molecule has 0 amide bonds. The van der Waals surface area contributed by atoms with Crippen LogP contribution in [0.5, 0.6) is 0 Å². The van der Waals surface area contributed by atoms with Crippen LogP contribution in [0, 0.1) is 13.8 Å². The number of halogens is 1. The summed E-state index contributed by atoms with van der Waals surface area (Å²) in [6.45, 7) is 4.24. The van der Waals surface area contributed by atoms with Crippen molar-refractivity contribution in [2.45, 2.75) is 26.3 Å². The maximum atomic E-state index is 6.27. The van der Waals surface area contributed by atoms with Gasteiger partial charge in [0.05, 0.1) is 3.79 Å². The second-order valence-electron chi connectivity index (χ2n) is 4.34. The van der Waals surface area contributed by atoms with Gasteiger partial charge in [-0.25, -0.2) is 0 Å². The molecular formula is C14H16BrNS. The summed E-state index contributed by atoms with van der Waals surface area (Å²) < 4.78 is 1.19. The molecule has 2 N–H and O–H groups in total. The fourth-order valence-electron chi connectivity index (χ4n) is 1.84. The molecule has 1 atom stereocenters. The molecule has 0 saturated carbocycles. The Labute approximate surface area is 115 Å². The van der Waals surface area contributed by atoms with E-state index in [2.05, 4.69) is 60.1 Å². The number of aryl methyl sites for hydroxylation is 2. The minimum absolute atomic E-state index is 0.0890. The van der Waals surface area contributed by atoms with Crippen LogP contribution < -0.4 is 5.73 Å². The first-order valence-electron chi connectivity index (χ1n) is 5.64. The van der Waals surface area contributed by atoms with Gasteiger partial charge in [0.2, 0.25) is 0 Å². The van der Waals surface area contributed by atoms with E-state index in [9.17, 15) is 0 Å². The molecule has 2 rings (SSSR count). The van der Waals surface area contributed by atoms with Crippen molar-refractivity contribution >= 4 is 27.3 Å². The van der Waals surface area contributed by atoms with Gasteiger partial charge in [-0.3, -0.25) is 0 Å². The highest BCUT2D eigenvalue weighted by molar-refractivity contribution is 9.11. The van der Waals surface area contributed by atoms with E-state index in [1.807, 2.05) is 0 Å². The van der Waals surface area contributed by atoms with Crippen LogP contribution in [-0.2, 0) is 6.42 Å². The van der Waals surface area contributed by atoms with Crippen molar-refractivity contribution in [1.29, 1.82) is 0 Å². The minimum atomic E-state index is 0.0890. The molecule has 1 nitrogen and oxygen atoms in total. The largest absolute Gasteiger partial charge is 0.323 e. The van der Waals surface area contributed by atoms with E-state index in [1.165, 1.54) is 25.4 Å². The molecule has 1 heterocycles. The molecule has 0 aliphatic rings. The van der Waals surface area contributed by atoms with Crippen molar-refractivity contribution in [3.63, 3.8) is 0 Å². The molecule has 0 radical (unpaired) electrons. The summed E-state index contributed by atoms with van der Waals surface area (Å²) in [4.78, 5) is 1.25. The molecule has 2 aromatic rings. The first-order valence-corrected chi connectivity index (χ1v) is 7.25. The van der Waals surface area contributed by atoms with E-state index < -0.39 is 0 Å². The Hall–Kier alpha value is -0.640. The molecule has 0 aliphatic carbocycles. The monoisotopic (exact) mass is 309 g/mol. The Bertz CT molecular complexity index is 499. The SMILES string of the molecule is Cc1ccccc1CC(N)c1cc(C)c(Br)s1. The first kappa shape index (κ1) is 12.8. The summed E-state index contributed by atoms with van der Waals surface area (Å²) in [6, 6.07) is 10.7. The summed E-state index contributed by atoms with van der Waals surface area (Å²) in [5.41, 5.74) is 10.2. The van der Waals surface area contributed by atoms with Crippen LogP contribution in [0.25, 0.3) is 0 Å². The van der Waals surface area contributed by atoms with E-state index in [-0.39, 0.29) is 6.04 Å². The minimum Gasteiger partial charge on any atom is -0.323 e. The number of rotatable bonds is 3. The van der Waals surface area contributed by atoms with E-state index in [1.54, 1.807) is 11.3 Å². The summed E-state index contributed by atoms with van der Waals surface area (Å²) in [7, 11) is 0. The summed E-state index contributed by atoms with van der Waals surface area (Å²) >= 11 is 5.29. The predicted molar refractivity (Wildman–Crippen MR) is 78.6 cm³/mol. The summed E-state index contributed by atoms with van der Waals surface area (Å²) in [5.74, 6) is 0. The fraction of sp³-hybridized carbons (Fsp3) is 0.286. The molecule has 0 spiro atoms. The maximum Gasteiger partial charge on any atom is 0.0731 e. The normalized spacial score (nSPS) is 12.7. The number of hydrogen-bond acceptors (Lipinski definition) is 2. The predicted octanol–water partition coefficient (Wildman–Crippen LogP) is 4.37. The lowest BCUT2D eigenvalue weighted by atomic mass is 10.0. The van der Waals surface area contributed by atoms with Crippen molar-refractivity contribution < 1.29 is 0 Å². The highest BCUT2D eigenvalue weighted by Crippen LogP contribution is 2.32. The molecule has 1 aromatic carbocycles. The smallest absolute Gasteiger partial charge is 0.0731 e. The number of nitrogens with two attached hydrogens (primary N) is 1. The van der Waals surface area contributed by atoms with Gasteiger partial charge >= 0.3 is 0 Å². The van der Waals surface area contributed by atoms with Crippen LogP contribution in [0.4, 0.5) is 0 Å². The van der Waals surface area contributed by atoms with Crippen LogP contribution in [0.2, 0.25) is 0 Å². The zero-order chi connectivity index (χ0) is 12.4. The second-order valence-corrected chi connectivity index (χ2v) is 6.74. The molecule has 3 heteroatoms. The molecule has 17 heavy (non-hydrogen) atoms. The third-order valence-corrected chi connectivity index (χ3v) is 5.21. The Balaban J connectivity index is 2.17. The highest BCUT2D eigenvalue weighted by atomic mass is 79.9. The van der Waals surface area contributed by atoms with Crippen LogP contribution in [-0.4, -0.2) is 0 Å². The van der Waals surface area contributed by atoms with Crippen LogP contribution >= 0.6 is 27.3 Å². The van der Waals surface area contributed by atoms with Gasteiger partial charge in [0, 0.05) is 10.9 Å². The van der Waals surface area contributed by atoms with E-state index in [4.69, 9.17) is 5.73 Å². The van der Waals surface area contributed by atoms with Gasteiger partial charge in [0.15, 0.2) is 0 Å². The van der Waals surface area contributed by atoms with Gasteiger partial charge in [-0.1, -0.05) is 24.3 Å². The molecule has 1 aromatic heterocycles. The highest BCUT2D eigenvalue weighted by Gasteiger charge is 2.12. The molecule has 0 fully saturated rings. The van der Waals surface area contributed by atoms with E-state index >= 15 is 0 Å². The van der Waals surface area contributed by atoms with Gasteiger partial charge in [-0.05, 0) is 59.0 Å². The maximum absolute atomic E-state index is 6.27. The zero-order valence-corrected chi connectivity index (χ0v) is 12.4. The lowest BCUT2D eigenvalue weighted by molar-refractivity contribution is 0.733. The Morgan fingerprint density at radius 2 is 1.94 bits per heavy atom. The second kappa shape index (κ2) is 5.34. The average molecular weight is 310 g/mol. The quantitative estimate of drug-likeness (QED) is 0.895. The number of benzene rings is 1. The molecule has 1 unspecified atom stereocenters. The third-order valence-electron chi connectivity index (χ3n) is 2.94. The van der Waals surface area contributed by atoms with Crippen LogP contribution in [0.3, 0.4) is 0 Å². The van der Waals surface area contributed by atoms with E-state index in [0.717, 1.165) is 6.42 Å². The van der Waals surface area contributed by atoms with Gasteiger partial charge in [0.1, 0.15) is 0 Å². The summed E-state index contributed by atoms with van der Waals surface area (Å²) in [5, 5.41) is 0. The fourth-order valence-corrected chi connectivity index (χ4v) is 3.42. The van der Waals surface area contributed by atoms with Gasteiger partial charge in [-0.15, -0.1) is 11.3 Å². The molecule has 90 valence electrons. The van der Waals surface area contributed by atoms with Crippen LogP contribution in [0.15, 0.2) is 34.1 Å². The van der Waals surface area contributed by atoms with Crippen LogP contribution in [0.1, 0.15) is 27.6 Å². The summed E-state index contributed by atoms with van der Waals surface area (Å²) in [6.07, 6.45) is 0.902. The van der Waals surface area contributed by atoms with Crippen molar-refractivity contribution in [3.8, 4) is 0 Å². The number of thiophene rings is 1. The Kier molecular flexibility index (Phi) is 4.02. The molecule has 0 bridgehead atoms. The lowest BCUT2D eigenvalue weighted by Crippen LogP contribution is -2.12. The van der Waals surface area contributed by atoms with Crippen molar-refractivity contribution in [3.05, 3.63) is 55.7 Å². The van der Waals surface area contributed by atoms with E-state index in [0.29, 0.717) is 0 Å². The van der Waals surface area contributed by atoms with Gasteiger partial charge in [0.25, 0.3) is 0 Å². The van der Waals surface area contributed by atoms with Gasteiger partial charge in [-0.2, -0.15) is 0 Å². The Morgan fingerprint density at radius 3 is 2.53 bits per heavy atom. The third kappa shape index (κ3) is 2.97. The van der Waals surface area contributed by atoms with Crippen molar-refractivity contribution in [2.24, 2.45) is 5.73 Å². The molecule has 0 saturated heterocycles. The topological polar surface area (TPSA) is 26.0 Å². The Morgan fingerprint density at radius 1 is 1.24 bits per heavy atom. The molecule has 0 aliphatic heterocycles. The van der Waals surface area contributed by atoms with Crippen molar-refractivity contribution in [2.75, 3.05) is 0 Å². The number of hydrogen-bond donors (Lipinski definition) is 1. The molecular weight excluding hydrogens is 294 g/mol. The lowest BCUT2D eigenvalue weighted by Gasteiger charge is -2.11. The first-order chi connectivity index (χ1) is 8.08. The van der Waals surface area contributed by atoms with Crippen molar-refractivity contribution in [1.82, 2.24) is 0 Å². The standard InChI is InChI=1S/C14H16BrNS/c1-9-5-3-4-6-11(9)8-12(16)13-7-10(2)14(15)17-13/h3-7,12H,8,16H2,1-2H3. The average Bonchev–Trinajstić information content (AvgIpc) is 2.63. The van der Waals surface area contributed by atoms with Gasteiger partial charge < -0.3 is 5.73 Å². The zero-order valence-electron chi connectivity index (χ0n) is 10.0.